The molecule has 0 aromatic rings. The summed E-state index contributed by atoms with van der Waals surface area (Å²) in [5, 5.41) is 0. The van der Waals surface area contributed by atoms with Crippen LogP contribution in [0.5, 0.6) is 0 Å². The van der Waals surface area contributed by atoms with Crippen LogP contribution >= 0.6 is 0 Å². The molecular weight excluding hydrogens is 396 g/mol. The first kappa shape index (κ1) is 23.5. The zero-order valence-electron chi connectivity index (χ0n) is 19.6. The minimum Gasteiger partial charge on any atom is -0.432 e. The Hall–Kier alpha value is -2.21. The lowest BCUT2D eigenvalue weighted by Crippen LogP contribution is -2.61. The Bertz CT molecular complexity index is 874. The average Bonchev–Trinajstić information content (AvgIpc) is 2.97. The summed E-state index contributed by atoms with van der Waals surface area (Å²) >= 11 is 0. The second kappa shape index (κ2) is 8.05. The van der Waals surface area contributed by atoms with Gasteiger partial charge in [0.2, 0.25) is 0 Å². The molecule has 0 N–H and O–H groups in total. The van der Waals surface area contributed by atoms with E-state index < -0.39 is 28.9 Å². The molecule has 2 aliphatic carbocycles. The van der Waals surface area contributed by atoms with E-state index in [0.29, 0.717) is 12.2 Å². The Balaban J connectivity index is 2.03. The molecule has 0 aromatic heterocycles. The molecule has 0 radical (unpaired) electrons. The van der Waals surface area contributed by atoms with Crippen LogP contribution in [0.3, 0.4) is 0 Å². The molecule has 2 fully saturated rings. The molecule has 6 heteroatoms. The van der Waals surface area contributed by atoms with Crippen molar-refractivity contribution in [3.8, 4) is 0 Å². The third kappa shape index (κ3) is 3.91. The molecule has 3 rings (SSSR count). The van der Waals surface area contributed by atoms with Crippen molar-refractivity contribution in [2.45, 2.75) is 66.4 Å². The fourth-order valence-electron chi connectivity index (χ4n) is 5.85. The molecule has 5 atom stereocenters. The Labute approximate surface area is 184 Å². The lowest BCUT2D eigenvalue weighted by molar-refractivity contribution is -0.174. The highest BCUT2D eigenvalue weighted by Gasteiger charge is 2.67. The summed E-state index contributed by atoms with van der Waals surface area (Å²) in [7, 11) is 1.66. The summed E-state index contributed by atoms with van der Waals surface area (Å²) in [6, 6.07) is 0. The van der Waals surface area contributed by atoms with E-state index in [-0.39, 0.29) is 23.0 Å². The van der Waals surface area contributed by atoms with Crippen LogP contribution in [0.4, 0.5) is 0 Å². The average molecular weight is 431 g/mol. The Morgan fingerprint density at radius 3 is 2.52 bits per heavy atom. The molecule has 0 aromatic carbocycles. The summed E-state index contributed by atoms with van der Waals surface area (Å²) in [5.41, 5.74) is -1.37. The maximum absolute atomic E-state index is 13.9. The number of esters is 2. The highest BCUT2D eigenvalue weighted by atomic mass is 16.5. The number of fused-ring (bicyclic) bond motifs is 2. The molecule has 31 heavy (non-hydrogen) atoms. The molecule has 2 saturated carbocycles. The standard InChI is InChI=1S/C25H34O6/c1-15(2)12-20(26)30-11-9-19-24(6)10-8-18(23(4,5)29-7)17(14-24)21(27)25(19)13-16(3)31-22(25)28/h9,11-13,17-19H,8,10,14H2,1-7H3/b11-9-/t17-,18+,19+,24-,25+/m0/s1. The number of allylic oxidation sites excluding steroid dienone is 3. The lowest BCUT2D eigenvalue weighted by Gasteiger charge is -2.57. The first-order chi connectivity index (χ1) is 14.4. The highest BCUT2D eigenvalue weighted by Crippen LogP contribution is 2.63. The molecule has 3 aliphatic rings. The summed E-state index contributed by atoms with van der Waals surface area (Å²) < 4.78 is 16.4. The van der Waals surface area contributed by atoms with Crippen molar-refractivity contribution in [1.82, 2.24) is 0 Å². The minimum atomic E-state index is -1.40. The van der Waals surface area contributed by atoms with Gasteiger partial charge in [0.25, 0.3) is 0 Å². The maximum atomic E-state index is 13.9. The van der Waals surface area contributed by atoms with Crippen LogP contribution in [0.1, 0.15) is 60.8 Å². The van der Waals surface area contributed by atoms with E-state index in [4.69, 9.17) is 14.2 Å². The quantitative estimate of drug-likeness (QED) is 0.276. The maximum Gasteiger partial charge on any atom is 0.335 e. The Morgan fingerprint density at radius 1 is 1.29 bits per heavy atom. The normalized spacial score (nSPS) is 35.2. The number of hydrogen-bond acceptors (Lipinski definition) is 6. The Morgan fingerprint density at radius 2 is 1.97 bits per heavy atom. The van der Waals surface area contributed by atoms with Crippen LogP contribution in [0.2, 0.25) is 0 Å². The fraction of sp³-hybridized carbons (Fsp3) is 0.640. The van der Waals surface area contributed by atoms with E-state index in [2.05, 4.69) is 6.92 Å². The van der Waals surface area contributed by atoms with Crippen LogP contribution < -0.4 is 0 Å². The van der Waals surface area contributed by atoms with Crippen molar-refractivity contribution >= 4 is 17.7 Å². The molecular formula is C25H34O6. The molecule has 0 unspecified atom stereocenters. The first-order valence-corrected chi connectivity index (χ1v) is 10.9. The van der Waals surface area contributed by atoms with Gasteiger partial charge in [-0.1, -0.05) is 12.5 Å². The van der Waals surface area contributed by atoms with Gasteiger partial charge < -0.3 is 14.2 Å². The second-order valence-corrected chi connectivity index (χ2v) is 10.3. The van der Waals surface area contributed by atoms with E-state index in [1.54, 1.807) is 26.2 Å². The van der Waals surface area contributed by atoms with Crippen LogP contribution in [0, 0.1) is 28.6 Å². The van der Waals surface area contributed by atoms with Crippen LogP contribution in [0.15, 0.2) is 35.8 Å². The van der Waals surface area contributed by atoms with Gasteiger partial charge in [0, 0.05) is 25.0 Å². The van der Waals surface area contributed by atoms with E-state index in [1.807, 2.05) is 27.7 Å². The first-order valence-electron chi connectivity index (χ1n) is 10.9. The van der Waals surface area contributed by atoms with Crippen molar-refractivity contribution in [1.29, 1.82) is 0 Å². The fourth-order valence-corrected chi connectivity index (χ4v) is 5.85. The van der Waals surface area contributed by atoms with Gasteiger partial charge in [0.15, 0.2) is 11.2 Å². The topological polar surface area (TPSA) is 78.9 Å². The van der Waals surface area contributed by atoms with Gasteiger partial charge in [-0.15, -0.1) is 0 Å². The number of hydrogen-bond donors (Lipinski definition) is 0. The van der Waals surface area contributed by atoms with Crippen LogP contribution in [-0.2, 0) is 28.6 Å². The van der Waals surface area contributed by atoms with Gasteiger partial charge in [0.1, 0.15) is 5.76 Å². The van der Waals surface area contributed by atoms with E-state index >= 15 is 0 Å². The SMILES string of the molecule is COC(C)(C)[C@@H]1CC[C@@]2(C)C[C@@H]1C(=O)[C@@]1(C=C(C)OC1=O)[C@@H]2/C=C\OC(=O)C=C(C)C. The van der Waals surface area contributed by atoms with Crippen LogP contribution in [0.25, 0.3) is 0 Å². The third-order valence-corrected chi connectivity index (χ3v) is 7.49. The summed E-state index contributed by atoms with van der Waals surface area (Å²) in [4.78, 5) is 39.0. The number of cyclic esters (lactones) is 1. The number of ketones is 1. The highest BCUT2D eigenvalue weighted by molar-refractivity contribution is 6.10. The zero-order valence-corrected chi connectivity index (χ0v) is 19.6. The molecule has 0 saturated heterocycles. The largest absolute Gasteiger partial charge is 0.432 e. The zero-order chi connectivity index (χ0) is 23.2. The van der Waals surface area contributed by atoms with Gasteiger partial charge in [-0.25, -0.2) is 4.79 Å². The molecule has 2 bridgehead atoms. The van der Waals surface area contributed by atoms with Gasteiger partial charge in [-0.05, 0) is 77.4 Å². The number of rotatable bonds is 5. The molecule has 1 heterocycles. The van der Waals surface area contributed by atoms with Crippen molar-refractivity contribution in [2.75, 3.05) is 7.11 Å². The number of Topliss-reactive ketones (excluding diaryl/α,β-unsaturated/α-hetero) is 1. The summed E-state index contributed by atoms with van der Waals surface area (Å²) in [5.74, 6) is -1.45. The van der Waals surface area contributed by atoms with E-state index in [9.17, 15) is 14.4 Å². The predicted molar refractivity (Wildman–Crippen MR) is 115 cm³/mol. The second-order valence-electron chi connectivity index (χ2n) is 10.3. The van der Waals surface area contributed by atoms with Crippen LogP contribution in [-0.4, -0.2) is 30.4 Å². The summed E-state index contributed by atoms with van der Waals surface area (Å²) in [6.07, 6.45) is 8.42. The molecule has 0 amide bonds. The Kier molecular flexibility index (Phi) is 6.09. The van der Waals surface area contributed by atoms with E-state index in [0.717, 1.165) is 18.4 Å². The van der Waals surface area contributed by atoms with Gasteiger partial charge in [-0.3, -0.25) is 9.59 Å². The molecule has 1 spiro atoms. The van der Waals surface area contributed by atoms with Crippen molar-refractivity contribution in [3.63, 3.8) is 0 Å². The summed E-state index contributed by atoms with van der Waals surface area (Å²) in [6.45, 7) is 11.4. The molecule has 6 nitrogen and oxygen atoms in total. The van der Waals surface area contributed by atoms with Crippen molar-refractivity contribution in [2.24, 2.45) is 28.6 Å². The van der Waals surface area contributed by atoms with Gasteiger partial charge in [-0.2, -0.15) is 0 Å². The smallest absolute Gasteiger partial charge is 0.335 e. The third-order valence-electron chi connectivity index (χ3n) is 7.49. The predicted octanol–water partition coefficient (Wildman–Crippen LogP) is 4.50. The lowest BCUT2D eigenvalue weighted by atomic mass is 9.45. The molecule has 170 valence electrons. The van der Waals surface area contributed by atoms with E-state index in [1.165, 1.54) is 12.3 Å². The van der Waals surface area contributed by atoms with Gasteiger partial charge >= 0.3 is 11.9 Å². The molecule has 1 aliphatic heterocycles. The van der Waals surface area contributed by atoms with Gasteiger partial charge in [0.05, 0.1) is 11.9 Å². The number of carbonyl (C=O) groups excluding carboxylic acids is 3. The number of methoxy groups -OCH3 is 1. The monoisotopic (exact) mass is 430 g/mol. The van der Waals surface area contributed by atoms with Crippen molar-refractivity contribution in [3.05, 3.63) is 35.8 Å². The number of carbonyl (C=O) groups is 3. The van der Waals surface area contributed by atoms with Crippen molar-refractivity contribution < 1.29 is 28.6 Å². The minimum absolute atomic E-state index is 0.0116. The number of ether oxygens (including phenoxy) is 3.